The van der Waals surface area contributed by atoms with Crippen molar-refractivity contribution in [2.75, 3.05) is 19.0 Å². The van der Waals surface area contributed by atoms with Gasteiger partial charge in [0.25, 0.3) is 0 Å². The number of nitrogens with zero attached hydrogens (tertiary/aromatic N) is 2. The Bertz CT molecular complexity index is 301. The highest BCUT2D eigenvalue weighted by molar-refractivity contribution is 7.15. The van der Waals surface area contributed by atoms with E-state index in [1.165, 1.54) is 0 Å². The lowest BCUT2D eigenvalue weighted by molar-refractivity contribution is 0.191. The molecule has 0 aliphatic heterocycles. The second kappa shape index (κ2) is 6.81. The first kappa shape index (κ1) is 13.4. The van der Waals surface area contributed by atoms with Crippen LogP contribution in [-0.2, 0) is 11.2 Å². The molecule has 0 fully saturated rings. The van der Waals surface area contributed by atoms with Crippen LogP contribution in [0.25, 0.3) is 0 Å². The molecule has 0 amide bonds. The summed E-state index contributed by atoms with van der Waals surface area (Å²) < 4.78 is 5.04. The molecule has 1 heterocycles. The molecule has 5 heteroatoms. The van der Waals surface area contributed by atoms with Crippen molar-refractivity contribution in [3.63, 3.8) is 0 Å². The third-order valence-electron chi connectivity index (χ3n) is 2.17. The molecule has 0 aliphatic carbocycles. The predicted molar refractivity (Wildman–Crippen MR) is 68.0 cm³/mol. The SMILES string of the molecule is COCCC(C)Nc1nnc(CC(C)C)s1. The highest BCUT2D eigenvalue weighted by Gasteiger charge is 2.08. The summed E-state index contributed by atoms with van der Waals surface area (Å²) in [6.07, 6.45) is 1.99. The fourth-order valence-electron chi connectivity index (χ4n) is 1.32. The summed E-state index contributed by atoms with van der Waals surface area (Å²) >= 11 is 1.65. The Labute approximate surface area is 101 Å². The van der Waals surface area contributed by atoms with Crippen LogP contribution in [0.3, 0.4) is 0 Å². The van der Waals surface area contributed by atoms with E-state index in [9.17, 15) is 0 Å². The van der Waals surface area contributed by atoms with Gasteiger partial charge in [-0.05, 0) is 19.3 Å². The van der Waals surface area contributed by atoms with Crippen LogP contribution in [0.2, 0.25) is 0 Å². The van der Waals surface area contributed by atoms with Crippen molar-refractivity contribution in [1.29, 1.82) is 0 Å². The first-order valence-corrected chi connectivity index (χ1v) is 6.51. The summed E-state index contributed by atoms with van der Waals surface area (Å²) in [5.41, 5.74) is 0. The molecule has 0 aromatic carbocycles. The highest BCUT2D eigenvalue weighted by atomic mass is 32.1. The van der Waals surface area contributed by atoms with E-state index in [0.717, 1.165) is 29.6 Å². The summed E-state index contributed by atoms with van der Waals surface area (Å²) in [6, 6.07) is 0.375. The topological polar surface area (TPSA) is 47.0 Å². The number of anilines is 1. The third-order valence-corrected chi connectivity index (χ3v) is 3.05. The zero-order chi connectivity index (χ0) is 12.0. The van der Waals surface area contributed by atoms with Crippen molar-refractivity contribution in [2.45, 2.75) is 39.7 Å². The van der Waals surface area contributed by atoms with E-state index in [-0.39, 0.29) is 0 Å². The lowest BCUT2D eigenvalue weighted by atomic mass is 10.1. The molecule has 1 rings (SSSR count). The summed E-state index contributed by atoms with van der Waals surface area (Å²) in [6.45, 7) is 7.28. The van der Waals surface area contributed by atoms with E-state index in [1.807, 2.05) is 0 Å². The van der Waals surface area contributed by atoms with Gasteiger partial charge in [0, 0.05) is 26.2 Å². The Balaban J connectivity index is 2.39. The molecule has 0 spiro atoms. The van der Waals surface area contributed by atoms with Crippen molar-refractivity contribution in [1.82, 2.24) is 10.2 Å². The third kappa shape index (κ3) is 4.90. The van der Waals surface area contributed by atoms with Crippen molar-refractivity contribution in [2.24, 2.45) is 5.92 Å². The molecular formula is C11H21N3OS. The van der Waals surface area contributed by atoms with Gasteiger partial charge in [-0.1, -0.05) is 25.2 Å². The van der Waals surface area contributed by atoms with Crippen LogP contribution in [-0.4, -0.2) is 30.0 Å². The minimum atomic E-state index is 0.375. The van der Waals surface area contributed by atoms with Gasteiger partial charge >= 0.3 is 0 Å². The standard InChI is InChI=1S/C11H21N3OS/c1-8(2)7-10-13-14-11(16-10)12-9(3)5-6-15-4/h8-9H,5-7H2,1-4H3,(H,12,14). The lowest BCUT2D eigenvalue weighted by Gasteiger charge is -2.10. The smallest absolute Gasteiger partial charge is 0.205 e. The van der Waals surface area contributed by atoms with Crippen LogP contribution in [0.4, 0.5) is 5.13 Å². The lowest BCUT2D eigenvalue weighted by Crippen LogP contribution is -2.16. The Kier molecular flexibility index (Phi) is 5.69. The number of aromatic nitrogens is 2. The predicted octanol–water partition coefficient (Wildman–Crippen LogP) is 2.57. The molecule has 0 saturated heterocycles. The highest BCUT2D eigenvalue weighted by Crippen LogP contribution is 2.19. The molecule has 1 unspecified atom stereocenters. The number of methoxy groups -OCH3 is 1. The fourth-order valence-corrected chi connectivity index (χ4v) is 2.38. The first-order valence-electron chi connectivity index (χ1n) is 5.69. The van der Waals surface area contributed by atoms with Crippen molar-refractivity contribution < 1.29 is 4.74 Å². The van der Waals surface area contributed by atoms with Crippen LogP contribution in [0.1, 0.15) is 32.2 Å². The van der Waals surface area contributed by atoms with Crippen molar-refractivity contribution >= 4 is 16.5 Å². The number of rotatable bonds is 7. The van der Waals surface area contributed by atoms with Gasteiger partial charge in [-0.25, -0.2) is 0 Å². The Morgan fingerprint density at radius 2 is 2.06 bits per heavy atom. The summed E-state index contributed by atoms with van der Waals surface area (Å²) in [7, 11) is 1.72. The maximum absolute atomic E-state index is 5.04. The van der Waals surface area contributed by atoms with Gasteiger partial charge in [-0.3, -0.25) is 0 Å². The first-order chi connectivity index (χ1) is 7.61. The van der Waals surface area contributed by atoms with E-state index < -0.39 is 0 Å². The summed E-state index contributed by atoms with van der Waals surface area (Å²) in [4.78, 5) is 0. The zero-order valence-corrected chi connectivity index (χ0v) is 11.3. The molecule has 0 saturated carbocycles. The molecule has 92 valence electrons. The molecule has 1 aromatic rings. The maximum Gasteiger partial charge on any atom is 0.205 e. The second-order valence-electron chi connectivity index (χ2n) is 4.43. The van der Waals surface area contributed by atoms with Gasteiger partial charge < -0.3 is 10.1 Å². The zero-order valence-electron chi connectivity index (χ0n) is 10.5. The second-order valence-corrected chi connectivity index (χ2v) is 5.49. The molecule has 16 heavy (non-hydrogen) atoms. The minimum Gasteiger partial charge on any atom is -0.385 e. The average Bonchev–Trinajstić information content (AvgIpc) is 2.61. The van der Waals surface area contributed by atoms with Gasteiger partial charge in [0.2, 0.25) is 5.13 Å². The van der Waals surface area contributed by atoms with Gasteiger partial charge in [-0.15, -0.1) is 10.2 Å². The molecular weight excluding hydrogens is 222 g/mol. The van der Waals surface area contributed by atoms with Gasteiger partial charge in [-0.2, -0.15) is 0 Å². The fraction of sp³-hybridized carbons (Fsp3) is 0.818. The quantitative estimate of drug-likeness (QED) is 0.799. The summed E-state index contributed by atoms with van der Waals surface area (Å²) in [5.74, 6) is 0.631. The van der Waals surface area contributed by atoms with E-state index in [2.05, 4.69) is 36.3 Å². The Morgan fingerprint density at radius 3 is 2.69 bits per heavy atom. The van der Waals surface area contributed by atoms with Gasteiger partial charge in [0.1, 0.15) is 5.01 Å². The van der Waals surface area contributed by atoms with E-state index in [1.54, 1.807) is 18.4 Å². The van der Waals surface area contributed by atoms with Gasteiger partial charge in [0.15, 0.2) is 0 Å². The van der Waals surface area contributed by atoms with Crippen LogP contribution in [0.15, 0.2) is 0 Å². The average molecular weight is 243 g/mol. The number of hydrogen-bond donors (Lipinski definition) is 1. The van der Waals surface area contributed by atoms with Crippen molar-refractivity contribution in [3.8, 4) is 0 Å². The minimum absolute atomic E-state index is 0.375. The van der Waals surface area contributed by atoms with Crippen molar-refractivity contribution in [3.05, 3.63) is 5.01 Å². The largest absolute Gasteiger partial charge is 0.385 e. The molecule has 0 aliphatic rings. The monoisotopic (exact) mass is 243 g/mol. The Hall–Kier alpha value is -0.680. The Morgan fingerprint density at radius 1 is 1.31 bits per heavy atom. The molecule has 1 N–H and O–H groups in total. The normalized spacial score (nSPS) is 13.1. The number of hydrogen-bond acceptors (Lipinski definition) is 5. The number of ether oxygens (including phenoxy) is 1. The van der Waals surface area contributed by atoms with E-state index in [4.69, 9.17) is 4.74 Å². The summed E-state index contributed by atoms with van der Waals surface area (Å²) in [5, 5.41) is 13.7. The molecule has 0 radical (unpaired) electrons. The van der Waals surface area contributed by atoms with Crippen LogP contribution >= 0.6 is 11.3 Å². The number of nitrogens with one attached hydrogen (secondary N) is 1. The van der Waals surface area contributed by atoms with Crippen LogP contribution in [0, 0.1) is 5.92 Å². The molecule has 1 aromatic heterocycles. The van der Waals surface area contributed by atoms with Crippen LogP contribution in [0.5, 0.6) is 0 Å². The molecule has 4 nitrogen and oxygen atoms in total. The van der Waals surface area contributed by atoms with E-state index in [0.29, 0.717) is 12.0 Å². The van der Waals surface area contributed by atoms with Crippen LogP contribution < -0.4 is 5.32 Å². The molecule has 1 atom stereocenters. The van der Waals surface area contributed by atoms with E-state index >= 15 is 0 Å². The van der Waals surface area contributed by atoms with Gasteiger partial charge in [0.05, 0.1) is 0 Å². The molecule has 0 bridgehead atoms. The maximum atomic E-state index is 5.04.